The molecule has 6 heteroatoms. The second-order valence-corrected chi connectivity index (χ2v) is 6.24. The van der Waals surface area contributed by atoms with E-state index in [2.05, 4.69) is 45.6 Å². The van der Waals surface area contributed by atoms with Crippen molar-refractivity contribution in [3.8, 4) is 0 Å². The van der Waals surface area contributed by atoms with Gasteiger partial charge in [0.2, 0.25) is 5.91 Å². The highest BCUT2D eigenvalue weighted by Gasteiger charge is 2.01. The van der Waals surface area contributed by atoms with E-state index >= 15 is 0 Å². The molecule has 20 heavy (non-hydrogen) atoms. The number of hydrogen-bond donors (Lipinski definition) is 2. The number of halogens is 2. The summed E-state index contributed by atoms with van der Waals surface area (Å²) in [4.78, 5) is 12.8. The number of carbonyl (C=O) groups excluding carboxylic acids is 1. The SMILES string of the molecule is CCCNCCNC(=O)CCSc1ccc(Br)cc1.Cl. The molecule has 114 valence electrons. The zero-order valence-corrected chi connectivity index (χ0v) is 14.9. The smallest absolute Gasteiger partial charge is 0.220 e. The van der Waals surface area contributed by atoms with Crippen molar-refractivity contribution in [2.75, 3.05) is 25.4 Å². The Bertz CT molecular complexity index is 376. The van der Waals surface area contributed by atoms with Gasteiger partial charge in [0.05, 0.1) is 0 Å². The van der Waals surface area contributed by atoms with Crippen molar-refractivity contribution >= 4 is 46.0 Å². The largest absolute Gasteiger partial charge is 0.355 e. The fraction of sp³-hybridized carbons (Fsp3) is 0.500. The lowest BCUT2D eigenvalue weighted by Gasteiger charge is -2.06. The third-order valence-electron chi connectivity index (χ3n) is 2.46. The van der Waals surface area contributed by atoms with Crippen LogP contribution in [0.1, 0.15) is 19.8 Å². The molecule has 0 saturated heterocycles. The molecule has 1 amide bonds. The molecular weight excluding hydrogens is 360 g/mol. The van der Waals surface area contributed by atoms with Crippen LogP contribution in [-0.2, 0) is 4.79 Å². The minimum atomic E-state index is 0. The van der Waals surface area contributed by atoms with Crippen LogP contribution in [0.4, 0.5) is 0 Å². The van der Waals surface area contributed by atoms with E-state index in [9.17, 15) is 4.79 Å². The van der Waals surface area contributed by atoms with Gasteiger partial charge in [-0.25, -0.2) is 0 Å². The molecule has 1 aromatic rings. The van der Waals surface area contributed by atoms with E-state index in [1.165, 1.54) is 4.90 Å². The molecule has 0 aromatic heterocycles. The molecule has 0 atom stereocenters. The van der Waals surface area contributed by atoms with Crippen LogP contribution in [0, 0.1) is 0 Å². The van der Waals surface area contributed by atoms with E-state index in [0.717, 1.165) is 29.7 Å². The molecule has 0 radical (unpaired) electrons. The summed E-state index contributed by atoms with van der Waals surface area (Å²) in [7, 11) is 0. The first kappa shape index (κ1) is 19.8. The van der Waals surface area contributed by atoms with Gasteiger partial charge in [0.15, 0.2) is 0 Å². The Morgan fingerprint density at radius 2 is 1.90 bits per heavy atom. The van der Waals surface area contributed by atoms with Crippen molar-refractivity contribution in [2.24, 2.45) is 0 Å². The first-order valence-electron chi connectivity index (χ1n) is 6.58. The summed E-state index contributed by atoms with van der Waals surface area (Å²) in [5, 5.41) is 6.17. The Kier molecular flexibility index (Phi) is 12.4. The zero-order chi connectivity index (χ0) is 13.9. The maximum atomic E-state index is 11.6. The summed E-state index contributed by atoms with van der Waals surface area (Å²) in [6, 6.07) is 8.15. The summed E-state index contributed by atoms with van der Waals surface area (Å²) in [6.07, 6.45) is 1.69. The Hall–Kier alpha value is -0.230. The van der Waals surface area contributed by atoms with Crippen molar-refractivity contribution in [3.05, 3.63) is 28.7 Å². The highest BCUT2D eigenvalue weighted by atomic mass is 79.9. The maximum Gasteiger partial charge on any atom is 0.220 e. The molecule has 0 bridgehead atoms. The fourth-order valence-electron chi connectivity index (χ4n) is 1.47. The quantitative estimate of drug-likeness (QED) is 0.508. The molecule has 3 nitrogen and oxygen atoms in total. The molecule has 0 aliphatic rings. The zero-order valence-electron chi connectivity index (χ0n) is 11.7. The highest BCUT2D eigenvalue weighted by Crippen LogP contribution is 2.20. The first-order chi connectivity index (χ1) is 9.22. The van der Waals surface area contributed by atoms with Gasteiger partial charge in [0.1, 0.15) is 0 Å². The van der Waals surface area contributed by atoms with Gasteiger partial charge in [-0.1, -0.05) is 22.9 Å². The van der Waals surface area contributed by atoms with E-state index in [0.29, 0.717) is 13.0 Å². The van der Waals surface area contributed by atoms with Gasteiger partial charge in [-0.05, 0) is 37.2 Å². The number of benzene rings is 1. The van der Waals surface area contributed by atoms with E-state index in [4.69, 9.17) is 0 Å². The lowest BCUT2D eigenvalue weighted by molar-refractivity contribution is -0.120. The second-order valence-electron chi connectivity index (χ2n) is 4.15. The number of carbonyl (C=O) groups is 1. The van der Waals surface area contributed by atoms with Crippen molar-refractivity contribution < 1.29 is 4.79 Å². The van der Waals surface area contributed by atoms with Gasteiger partial charge in [-0.3, -0.25) is 4.79 Å². The molecule has 0 spiro atoms. The van der Waals surface area contributed by atoms with Gasteiger partial charge in [-0.2, -0.15) is 0 Å². The predicted molar refractivity (Wildman–Crippen MR) is 92.9 cm³/mol. The number of hydrogen-bond acceptors (Lipinski definition) is 3. The lowest BCUT2D eigenvalue weighted by atomic mass is 10.4. The summed E-state index contributed by atoms with van der Waals surface area (Å²) in [6.45, 7) is 4.70. The van der Waals surface area contributed by atoms with Gasteiger partial charge < -0.3 is 10.6 Å². The standard InChI is InChI=1S/C14H21BrN2OS.ClH/c1-2-8-16-9-10-17-14(18)7-11-19-13-5-3-12(15)4-6-13;/h3-6,16H,2,7-11H2,1H3,(H,17,18);1H. The molecular formula is C14H22BrClN2OS. The molecule has 0 saturated carbocycles. The predicted octanol–water partition coefficient (Wildman–Crippen LogP) is 3.47. The van der Waals surface area contributed by atoms with Crippen LogP contribution in [-0.4, -0.2) is 31.3 Å². The number of amides is 1. The molecule has 0 aliphatic heterocycles. The van der Waals surface area contributed by atoms with E-state index in [1.54, 1.807) is 11.8 Å². The summed E-state index contributed by atoms with van der Waals surface area (Å²) < 4.78 is 1.08. The van der Waals surface area contributed by atoms with Gasteiger partial charge >= 0.3 is 0 Å². The molecule has 0 unspecified atom stereocenters. The van der Waals surface area contributed by atoms with Crippen LogP contribution in [0.3, 0.4) is 0 Å². The van der Waals surface area contributed by atoms with Crippen LogP contribution >= 0.6 is 40.1 Å². The van der Waals surface area contributed by atoms with E-state index in [1.807, 2.05) is 12.1 Å². The average Bonchev–Trinajstić information content (AvgIpc) is 2.41. The molecule has 2 N–H and O–H groups in total. The van der Waals surface area contributed by atoms with E-state index in [-0.39, 0.29) is 18.3 Å². The molecule has 1 aromatic carbocycles. The molecule has 0 aliphatic carbocycles. The first-order valence-corrected chi connectivity index (χ1v) is 8.36. The van der Waals surface area contributed by atoms with Crippen molar-refractivity contribution in [1.29, 1.82) is 0 Å². The Labute approximate surface area is 140 Å². The van der Waals surface area contributed by atoms with Crippen molar-refractivity contribution in [1.82, 2.24) is 10.6 Å². The Morgan fingerprint density at radius 1 is 1.20 bits per heavy atom. The number of thioether (sulfide) groups is 1. The Balaban J connectivity index is 0.00000361. The molecule has 1 rings (SSSR count). The van der Waals surface area contributed by atoms with Crippen LogP contribution in [0.2, 0.25) is 0 Å². The van der Waals surface area contributed by atoms with Gasteiger partial charge in [0, 0.05) is 34.6 Å². The van der Waals surface area contributed by atoms with Crippen LogP contribution in [0.25, 0.3) is 0 Å². The minimum Gasteiger partial charge on any atom is -0.355 e. The third kappa shape index (κ3) is 9.64. The topological polar surface area (TPSA) is 41.1 Å². The summed E-state index contributed by atoms with van der Waals surface area (Å²) in [5.41, 5.74) is 0. The Morgan fingerprint density at radius 3 is 2.55 bits per heavy atom. The van der Waals surface area contributed by atoms with E-state index < -0.39 is 0 Å². The van der Waals surface area contributed by atoms with Crippen LogP contribution in [0.15, 0.2) is 33.6 Å². The van der Waals surface area contributed by atoms with Gasteiger partial charge in [-0.15, -0.1) is 24.2 Å². The normalized spacial score (nSPS) is 9.90. The highest BCUT2D eigenvalue weighted by molar-refractivity contribution is 9.10. The molecule has 0 heterocycles. The average molecular weight is 382 g/mol. The van der Waals surface area contributed by atoms with Crippen LogP contribution in [0.5, 0.6) is 0 Å². The van der Waals surface area contributed by atoms with Crippen molar-refractivity contribution in [3.63, 3.8) is 0 Å². The summed E-state index contributed by atoms with van der Waals surface area (Å²) >= 11 is 5.11. The van der Waals surface area contributed by atoms with Crippen molar-refractivity contribution in [2.45, 2.75) is 24.7 Å². The number of rotatable bonds is 9. The maximum absolute atomic E-state index is 11.6. The fourth-order valence-corrected chi connectivity index (χ4v) is 2.59. The summed E-state index contributed by atoms with van der Waals surface area (Å²) in [5.74, 6) is 0.943. The van der Waals surface area contributed by atoms with Crippen LogP contribution < -0.4 is 10.6 Å². The second kappa shape index (κ2) is 12.5. The number of nitrogens with one attached hydrogen (secondary N) is 2. The monoisotopic (exact) mass is 380 g/mol. The third-order valence-corrected chi connectivity index (χ3v) is 4.00. The molecule has 0 fully saturated rings. The minimum absolute atomic E-state index is 0. The lowest BCUT2D eigenvalue weighted by Crippen LogP contribution is -2.32. The van der Waals surface area contributed by atoms with Gasteiger partial charge in [0.25, 0.3) is 0 Å².